The van der Waals surface area contributed by atoms with Crippen molar-refractivity contribution in [2.45, 2.75) is 13.0 Å². The molecule has 1 unspecified atom stereocenters. The molecule has 0 N–H and O–H groups in total. The number of pyridine rings is 1. The van der Waals surface area contributed by atoms with Gasteiger partial charge in [0.2, 0.25) is 5.88 Å². The first-order valence-electron chi connectivity index (χ1n) is 6.22. The lowest BCUT2D eigenvalue weighted by molar-refractivity contribution is -0.147. The van der Waals surface area contributed by atoms with Crippen molar-refractivity contribution >= 4 is 21.9 Å². The standard InChI is InChI=1S/C15H14BrNO4/c1-10(15(18)19-2)20-12-4-6-13(7-5-12)21-14-8-3-11(16)9-17-14/h3-10H,1-2H3. The third-order valence-electron chi connectivity index (χ3n) is 2.59. The first-order valence-corrected chi connectivity index (χ1v) is 7.02. The largest absolute Gasteiger partial charge is 0.479 e. The summed E-state index contributed by atoms with van der Waals surface area (Å²) >= 11 is 3.31. The third kappa shape index (κ3) is 4.46. The van der Waals surface area contributed by atoms with Gasteiger partial charge in [0.1, 0.15) is 11.5 Å². The number of halogens is 1. The number of carbonyl (C=O) groups is 1. The van der Waals surface area contributed by atoms with Crippen LogP contribution in [-0.2, 0) is 9.53 Å². The zero-order valence-corrected chi connectivity index (χ0v) is 13.2. The zero-order valence-electron chi connectivity index (χ0n) is 11.6. The van der Waals surface area contributed by atoms with E-state index in [2.05, 4.69) is 25.7 Å². The molecule has 0 aliphatic carbocycles. The van der Waals surface area contributed by atoms with Crippen LogP contribution in [0.15, 0.2) is 47.1 Å². The molecule has 0 amide bonds. The molecule has 1 atom stereocenters. The highest BCUT2D eigenvalue weighted by Gasteiger charge is 2.14. The van der Waals surface area contributed by atoms with Gasteiger partial charge in [0, 0.05) is 16.7 Å². The predicted molar refractivity (Wildman–Crippen MR) is 80.6 cm³/mol. The number of nitrogens with zero attached hydrogens (tertiary/aromatic N) is 1. The lowest BCUT2D eigenvalue weighted by Gasteiger charge is -2.12. The summed E-state index contributed by atoms with van der Waals surface area (Å²) in [6, 6.07) is 10.5. The Kier molecular flexibility index (Phi) is 5.16. The molecule has 0 fully saturated rings. The van der Waals surface area contributed by atoms with E-state index in [1.807, 2.05) is 6.07 Å². The lowest BCUT2D eigenvalue weighted by Crippen LogP contribution is -2.24. The van der Waals surface area contributed by atoms with Gasteiger partial charge in [-0.05, 0) is 53.2 Å². The van der Waals surface area contributed by atoms with Gasteiger partial charge in [0.25, 0.3) is 0 Å². The van der Waals surface area contributed by atoms with Gasteiger partial charge < -0.3 is 14.2 Å². The van der Waals surface area contributed by atoms with Gasteiger partial charge >= 0.3 is 5.97 Å². The van der Waals surface area contributed by atoms with E-state index in [9.17, 15) is 4.79 Å². The molecule has 110 valence electrons. The molecule has 1 aromatic carbocycles. The number of aromatic nitrogens is 1. The fourth-order valence-corrected chi connectivity index (χ4v) is 1.78. The highest BCUT2D eigenvalue weighted by atomic mass is 79.9. The normalized spacial score (nSPS) is 11.6. The van der Waals surface area contributed by atoms with Crippen LogP contribution in [-0.4, -0.2) is 24.2 Å². The van der Waals surface area contributed by atoms with Crippen LogP contribution in [0.1, 0.15) is 6.92 Å². The molecule has 0 spiro atoms. The number of carbonyl (C=O) groups excluding carboxylic acids is 1. The topological polar surface area (TPSA) is 57.7 Å². The molecule has 5 nitrogen and oxygen atoms in total. The average Bonchev–Trinajstić information content (AvgIpc) is 2.50. The zero-order chi connectivity index (χ0) is 15.2. The van der Waals surface area contributed by atoms with Gasteiger partial charge in [-0.3, -0.25) is 0 Å². The van der Waals surface area contributed by atoms with Gasteiger partial charge in [-0.2, -0.15) is 0 Å². The fourth-order valence-electron chi connectivity index (χ4n) is 1.55. The molecule has 21 heavy (non-hydrogen) atoms. The number of ether oxygens (including phenoxy) is 3. The van der Waals surface area contributed by atoms with Crippen LogP contribution in [0.25, 0.3) is 0 Å². The Morgan fingerprint density at radius 1 is 1.14 bits per heavy atom. The first kappa shape index (κ1) is 15.3. The minimum absolute atomic E-state index is 0.422. The van der Waals surface area contributed by atoms with E-state index in [1.54, 1.807) is 43.5 Å². The van der Waals surface area contributed by atoms with Crippen LogP contribution in [0.2, 0.25) is 0 Å². The Labute approximate surface area is 131 Å². The third-order valence-corrected chi connectivity index (χ3v) is 3.06. The van der Waals surface area contributed by atoms with Crippen LogP contribution < -0.4 is 9.47 Å². The summed E-state index contributed by atoms with van der Waals surface area (Å²) < 4.78 is 16.5. The minimum Gasteiger partial charge on any atom is -0.479 e. The van der Waals surface area contributed by atoms with Gasteiger partial charge in [0.05, 0.1) is 7.11 Å². The summed E-state index contributed by atoms with van der Waals surface area (Å²) in [6.07, 6.45) is 1.00. The van der Waals surface area contributed by atoms with Crippen molar-refractivity contribution in [2.24, 2.45) is 0 Å². The molecular weight excluding hydrogens is 338 g/mol. The van der Waals surface area contributed by atoms with Crippen molar-refractivity contribution in [2.75, 3.05) is 7.11 Å². The Morgan fingerprint density at radius 2 is 1.81 bits per heavy atom. The molecule has 0 bridgehead atoms. The molecule has 2 aromatic rings. The van der Waals surface area contributed by atoms with Crippen molar-refractivity contribution < 1.29 is 19.0 Å². The van der Waals surface area contributed by atoms with Crippen LogP contribution in [0, 0.1) is 0 Å². The quantitative estimate of drug-likeness (QED) is 0.770. The summed E-state index contributed by atoms with van der Waals surface area (Å²) in [5.74, 6) is 1.26. The Balaban J connectivity index is 1.98. The van der Waals surface area contributed by atoms with Gasteiger partial charge in [-0.25, -0.2) is 9.78 Å². The monoisotopic (exact) mass is 351 g/mol. The summed E-state index contributed by atoms with van der Waals surface area (Å²) in [6.45, 7) is 1.63. The van der Waals surface area contributed by atoms with Crippen LogP contribution in [0.4, 0.5) is 0 Å². The molecule has 1 heterocycles. The van der Waals surface area contributed by atoms with E-state index in [4.69, 9.17) is 9.47 Å². The summed E-state index contributed by atoms with van der Waals surface area (Å²) in [4.78, 5) is 15.4. The number of methoxy groups -OCH3 is 1. The van der Waals surface area contributed by atoms with Crippen LogP contribution in [0.3, 0.4) is 0 Å². The Morgan fingerprint density at radius 3 is 2.38 bits per heavy atom. The highest BCUT2D eigenvalue weighted by Crippen LogP contribution is 2.23. The lowest BCUT2D eigenvalue weighted by atomic mass is 10.3. The van der Waals surface area contributed by atoms with E-state index >= 15 is 0 Å². The second-order valence-electron chi connectivity index (χ2n) is 4.17. The molecule has 0 aliphatic rings. The van der Waals surface area contributed by atoms with Gasteiger partial charge in [0.15, 0.2) is 6.10 Å². The second kappa shape index (κ2) is 7.08. The summed E-state index contributed by atoms with van der Waals surface area (Å²) in [7, 11) is 1.32. The Hall–Kier alpha value is -2.08. The van der Waals surface area contributed by atoms with E-state index in [-0.39, 0.29) is 0 Å². The van der Waals surface area contributed by atoms with E-state index in [0.29, 0.717) is 17.4 Å². The van der Waals surface area contributed by atoms with Crippen LogP contribution in [0.5, 0.6) is 17.4 Å². The van der Waals surface area contributed by atoms with E-state index < -0.39 is 12.1 Å². The SMILES string of the molecule is COC(=O)C(C)Oc1ccc(Oc2ccc(Br)cn2)cc1. The molecule has 1 aromatic heterocycles. The maximum atomic E-state index is 11.3. The molecule has 0 saturated heterocycles. The molecular formula is C15H14BrNO4. The number of rotatable bonds is 5. The number of esters is 1. The minimum atomic E-state index is -0.657. The smallest absolute Gasteiger partial charge is 0.346 e. The number of benzene rings is 1. The highest BCUT2D eigenvalue weighted by molar-refractivity contribution is 9.10. The molecule has 0 aliphatic heterocycles. The second-order valence-corrected chi connectivity index (χ2v) is 5.09. The van der Waals surface area contributed by atoms with Crippen molar-refractivity contribution in [3.63, 3.8) is 0 Å². The van der Waals surface area contributed by atoms with Crippen LogP contribution >= 0.6 is 15.9 Å². The van der Waals surface area contributed by atoms with Crippen molar-refractivity contribution in [3.8, 4) is 17.4 Å². The average molecular weight is 352 g/mol. The molecule has 2 rings (SSSR count). The molecule has 6 heteroatoms. The number of hydrogen-bond acceptors (Lipinski definition) is 5. The van der Waals surface area contributed by atoms with Crippen molar-refractivity contribution in [1.82, 2.24) is 4.98 Å². The molecule has 0 radical (unpaired) electrons. The maximum absolute atomic E-state index is 11.3. The predicted octanol–water partition coefficient (Wildman–Crippen LogP) is 3.58. The van der Waals surface area contributed by atoms with Gasteiger partial charge in [-0.15, -0.1) is 0 Å². The van der Waals surface area contributed by atoms with E-state index in [0.717, 1.165) is 4.47 Å². The summed E-state index contributed by atoms with van der Waals surface area (Å²) in [5, 5.41) is 0. The maximum Gasteiger partial charge on any atom is 0.346 e. The van der Waals surface area contributed by atoms with Gasteiger partial charge in [-0.1, -0.05) is 0 Å². The Bertz CT molecular complexity index is 598. The summed E-state index contributed by atoms with van der Waals surface area (Å²) in [5.41, 5.74) is 0. The number of hydrogen-bond donors (Lipinski definition) is 0. The van der Waals surface area contributed by atoms with E-state index in [1.165, 1.54) is 7.11 Å². The fraction of sp³-hybridized carbons (Fsp3) is 0.200. The molecule has 0 saturated carbocycles. The van der Waals surface area contributed by atoms with Crippen molar-refractivity contribution in [1.29, 1.82) is 0 Å². The first-order chi connectivity index (χ1) is 10.1. The van der Waals surface area contributed by atoms with Crippen molar-refractivity contribution in [3.05, 3.63) is 47.1 Å².